The summed E-state index contributed by atoms with van der Waals surface area (Å²) in [6.07, 6.45) is 0.527. The average Bonchev–Trinajstić information content (AvgIpc) is 2.65. The maximum absolute atomic E-state index is 9.61. The maximum Gasteiger partial charge on any atom is 0.161 e. The van der Waals surface area contributed by atoms with E-state index in [1.54, 1.807) is 28.4 Å². The van der Waals surface area contributed by atoms with E-state index < -0.39 is 0 Å². The predicted molar refractivity (Wildman–Crippen MR) is 91.2 cm³/mol. The van der Waals surface area contributed by atoms with Gasteiger partial charge in [0.15, 0.2) is 11.5 Å². The topological polar surface area (TPSA) is 60.7 Å². The second kappa shape index (κ2) is 8.11. The number of nitriles is 1. The van der Waals surface area contributed by atoms with Crippen LogP contribution in [-0.2, 0) is 6.42 Å². The number of ether oxygens (including phenoxy) is 4. The zero-order valence-corrected chi connectivity index (χ0v) is 14.3. The van der Waals surface area contributed by atoms with Crippen molar-refractivity contribution < 1.29 is 18.9 Å². The van der Waals surface area contributed by atoms with E-state index in [1.807, 2.05) is 36.4 Å². The van der Waals surface area contributed by atoms with Crippen LogP contribution in [0.25, 0.3) is 0 Å². The van der Waals surface area contributed by atoms with Crippen molar-refractivity contribution in [3.05, 3.63) is 47.5 Å². The van der Waals surface area contributed by atoms with E-state index in [-0.39, 0.29) is 5.92 Å². The SMILES string of the molecule is COc1ccc(CC(C#N)c2ccc(OC)c(OC)c2)c(OC)c1. The van der Waals surface area contributed by atoms with Gasteiger partial charge in [-0.15, -0.1) is 0 Å². The van der Waals surface area contributed by atoms with Gasteiger partial charge in [-0.1, -0.05) is 12.1 Å². The van der Waals surface area contributed by atoms with E-state index in [4.69, 9.17) is 18.9 Å². The Labute approximate surface area is 142 Å². The van der Waals surface area contributed by atoms with Gasteiger partial charge in [-0.25, -0.2) is 0 Å². The highest BCUT2D eigenvalue weighted by Gasteiger charge is 2.17. The second-order valence-electron chi connectivity index (χ2n) is 5.18. The molecular formula is C19H21NO4. The number of methoxy groups -OCH3 is 4. The molecule has 0 aromatic heterocycles. The molecule has 1 atom stereocenters. The molecule has 126 valence electrons. The van der Waals surface area contributed by atoms with Gasteiger partial charge in [0, 0.05) is 6.07 Å². The molecule has 5 nitrogen and oxygen atoms in total. The zero-order valence-electron chi connectivity index (χ0n) is 14.3. The molecule has 0 amide bonds. The van der Waals surface area contributed by atoms with Gasteiger partial charge in [0.05, 0.1) is 40.4 Å². The fourth-order valence-electron chi connectivity index (χ4n) is 2.55. The Morgan fingerprint density at radius 3 is 2.12 bits per heavy atom. The molecule has 0 aliphatic carbocycles. The van der Waals surface area contributed by atoms with Crippen LogP contribution < -0.4 is 18.9 Å². The summed E-state index contributed by atoms with van der Waals surface area (Å²) in [7, 11) is 6.38. The fraction of sp³-hybridized carbons (Fsp3) is 0.316. The maximum atomic E-state index is 9.61. The van der Waals surface area contributed by atoms with Crippen molar-refractivity contribution in [2.75, 3.05) is 28.4 Å². The van der Waals surface area contributed by atoms with Gasteiger partial charge in [-0.2, -0.15) is 5.26 Å². The molecule has 0 N–H and O–H groups in total. The van der Waals surface area contributed by atoms with Gasteiger partial charge in [-0.3, -0.25) is 0 Å². The molecule has 0 radical (unpaired) electrons. The quantitative estimate of drug-likeness (QED) is 0.778. The molecule has 2 aromatic carbocycles. The van der Waals surface area contributed by atoms with Crippen molar-refractivity contribution >= 4 is 0 Å². The molecule has 24 heavy (non-hydrogen) atoms. The zero-order chi connectivity index (χ0) is 17.5. The number of nitrogens with zero attached hydrogens (tertiary/aromatic N) is 1. The molecule has 0 heterocycles. The molecule has 0 aliphatic rings. The molecule has 0 bridgehead atoms. The molecule has 0 spiro atoms. The lowest BCUT2D eigenvalue weighted by atomic mass is 9.92. The Bertz CT molecular complexity index is 737. The minimum Gasteiger partial charge on any atom is -0.497 e. The molecule has 0 saturated carbocycles. The Balaban J connectivity index is 2.32. The average molecular weight is 327 g/mol. The van der Waals surface area contributed by atoms with Gasteiger partial charge in [-0.05, 0) is 35.7 Å². The second-order valence-corrected chi connectivity index (χ2v) is 5.18. The standard InChI is InChI=1S/C19H21NO4/c1-21-16-7-5-14(18(11-16)23-3)9-15(12-20)13-6-8-17(22-2)19(10-13)24-4/h5-8,10-11,15H,9H2,1-4H3. The van der Waals surface area contributed by atoms with Crippen molar-refractivity contribution in [3.63, 3.8) is 0 Å². The van der Waals surface area contributed by atoms with Gasteiger partial charge in [0.1, 0.15) is 11.5 Å². The number of hydrogen-bond acceptors (Lipinski definition) is 5. The summed E-state index contributed by atoms with van der Waals surface area (Å²) in [5.74, 6) is 2.34. The molecule has 0 aliphatic heterocycles. The molecule has 2 aromatic rings. The van der Waals surface area contributed by atoms with Crippen molar-refractivity contribution in [3.8, 4) is 29.1 Å². The highest BCUT2D eigenvalue weighted by atomic mass is 16.5. The first-order valence-electron chi connectivity index (χ1n) is 7.49. The van der Waals surface area contributed by atoms with Crippen molar-refractivity contribution in [1.82, 2.24) is 0 Å². The van der Waals surface area contributed by atoms with Crippen LogP contribution in [0.15, 0.2) is 36.4 Å². The minimum absolute atomic E-state index is 0.327. The fourth-order valence-corrected chi connectivity index (χ4v) is 2.55. The summed E-state index contributed by atoms with van der Waals surface area (Å²) in [6.45, 7) is 0. The van der Waals surface area contributed by atoms with Crippen LogP contribution in [0.2, 0.25) is 0 Å². The normalized spacial score (nSPS) is 11.3. The van der Waals surface area contributed by atoms with E-state index in [9.17, 15) is 5.26 Å². The van der Waals surface area contributed by atoms with Crippen LogP contribution in [0.5, 0.6) is 23.0 Å². The summed E-state index contributed by atoms with van der Waals surface area (Å²) < 4.78 is 21.2. The third kappa shape index (κ3) is 3.72. The van der Waals surface area contributed by atoms with Crippen LogP contribution in [0.4, 0.5) is 0 Å². The van der Waals surface area contributed by atoms with E-state index in [0.29, 0.717) is 23.7 Å². The van der Waals surface area contributed by atoms with Crippen molar-refractivity contribution in [2.45, 2.75) is 12.3 Å². The highest BCUT2D eigenvalue weighted by Crippen LogP contribution is 2.34. The van der Waals surface area contributed by atoms with Crippen LogP contribution in [0, 0.1) is 11.3 Å². The van der Waals surface area contributed by atoms with Crippen LogP contribution in [-0.4, -0.2) is 28.4 Å². The van der Waals surface area contributed by atoms with E-state index in [0.717, 1.165) is 16.9 Å². The summed E-state index contributed by atoms with van der Waals surface area (Å²) >= 11 is 0. The first-order valence-corrected chi connectivity index (χ1v) is 7.49. The van der Waals surface area contributed by atoms with Crippen LogP contribution in [0.1, 0.15) is 17.0 Å². The molecule has 1 unspecified atom stereocenters. The number of rotatable bonds is 7. The molecule has 0 saturated heterocycles. The van der Waals surface area contributed by atoms with Gasteiger partial charge < -0.3 is 18.9 Å². The highest BCUT2D eigenvalue weighted by molar-refractivity contribution is 5.47. The Kier molecular flexibility index (Phi) is 5.91. The summed E-state index contributed by atoms with van der Waals surface area (Å²) in [5, 5.41) is 9.61. The number of benzene rings is 2. The van der Waals surface area contributed by atoms with Crippen LogP contribution in [0.3, 0.4) is 0 Å². The minimum atomic E-state index is -0.327. The lowest BCUT2D eigenvalue weighted by Crippen LogP contribution is -2.03. The van der Waals surface area contributed by atoms with E-state index in [2.05, 4.69) is 6.07 Å². The van der Waals surface area contributed by atoms with Crippen molar-refractivity contribution in [1.29, 1.82) is 5.26 Å². The first-order chi connectivity index (χ1) is 11.7. The molecular weight excluding hydrogens is 306 g/mol. The largest absolute Gasteiger partial charge is 0.497 e. The molecule has 2 rings (SSSR count). The van der Waals surface area contributed by atoms with Crippen LogP contribution >= 0.6 is 0 Å². The van der Waals surface area contributed by atoms with Crippen molar-refractivity contribution in [2.24, 2.45) is 0 Å². The van der Waals surface area contributed by atoms with Gasteiger partial charge in [0.25, 0.3) is 0 Å². The monoisotopic (exact) mass is 327 g/mol. The predicted octanol–water partition coefficient (Wildman–Crippen LogP) is 3.57. The lowest BCUT2D eigenvalue weighted by Gasteiger charge is -2.15. The Morgan fingerprint density at radius 1 is 0.833 bits per heavy atom. The third-order valence-corrected chi connectivity index (χ3v) is 3.88. The lowest BCUT2D eigenvalue weighted by molar-refractivity contribution is 0.354. The van der Waals surface area contributed by atoms with Gasteiger partial charge in [0.2, 0.25) is 0 Å². The first kappa shape index (κ1) is 17.5. The van der Waals surface area contributed by atoms with Gasteiger partial charge >= 0.3 is 0 Å². The Hall–Kier alpha value is -2.87. The smallest absolute Gasteiger partial charge is 0.161 e. The summed E-state index contributed by atoms with van der Waals surface area (Å²) in [4.78, 5) is 0. The number of hydrogen-bond donors (Lipinski definition) is 0. The summed E-state index contributed by atoms with van der Waals surface area (Å²) in [6, 6.07) is 13.5. The molecule has 0 fully saturated rings. The Morgan fingerprint density at radius 2 is 1.54 bits per heavy atom. The summed E-state index contributed by atoms with van der Waals surface area (Å²) in [5.41, 5.74) is 1.81. The van der Waals surface area contributed by atoms with E-state index in [1.165, 1.54) is 0 Å². The van der Waals surface area contributed by atoms with E-state index >= 15 is 0 Å². The third-order valence-electron chi connectivity index (χ3n) is 3.88. The molecule has 5 heteroatoms.